The first kappa shape index (κ1) is 14.0. The fourth-order valence-electron chi connectivity index (χ4n) is 1.53. The lowest BCUT2D eigenvalue weighted by Gasteiger charge is -2.14. The van der Waals surface area contributed by atoms with Crippen LogP contribution in [-0.4, -0.2) is 30.2 Å². The van der Waals surface area contributed by atoms with Crippen molar-refractivity contribution >= 4 is 12.0 Å². The lowest BCUT2D eigenvalue weighted by atomic mass is 9.99. The van der Waals surface area contributed by atoms with Gasteiger partial charge in [0.1, 0.15) is 0 Å². The van der Waals surface area contributed by atoms with Crippen LogP contribution in [-0.2, 0) is 4.79 Å². The zero-order valence-electron chi connectivity index (χ0n) is 10.3. The third kappa shape index (κ3) is 4.45. The van der Waals surface area contributed by atoms with Gasteiger partial charge in [-0.05, 0) is 12.0 Å². The van der Waals surface area contributed by atoms with Crippen LogP contribution in [0.3, 0.4) is 0 Å². The number of hydrogen-bond donors (Lipinski definition) is 3. The number of benzene rings is 1. The van der Waals surface area contributed by atoms with E-state index in [1.165, 1.54) is 0 Å². The van der Waals surface area contributed by atoms with E-state index in [0.29, 0.717) is 12.1 Å². The van der Waals surface area contributed by atoms with Crippen LogP contribution >= 0.6 is 0 Å². The number of carboxylic acid groups (broad SMARTS) is 1. The van der Waals surface area contributed by atoms with Gasteiger partial charge in [0.05, 0.1) is 5.92 Å². The molecule has 98 valence electrons. The van der Waals surface area contributed by atoms with Crippen LogP contribution in [0.5, 0.6) is 0 Å². The SMILES string of the molecule is CCCNC(=O)NCC(C(=O)O)c1ccccc1. The van der Waals surface area contributed by atoms with Crippen LogP contribution in [0.25, 0.3) is 0 Å². The molecule has 0 spiro atoms. The summed E-state index contributed by atoms with van der Waals surface area (Å²) in [5, 5.41) is 14.3. The van der Waals surface area contributed by atoms with Crippen molar-refractivity contribution in [2.75, 3.05) is 13.1 Å². The summed E-state index contributed by atoms with van der Waals surface area (Å²) < 4.78 is 0. The summed E-state index contributed by atoms with van der Waals surface area (Å²) in [6, 6.07) is 8.53. The smallest absolute Gasteiger partial charge is 0.314 e. The van der Waals surface area contributed by atoms with Gasteiger partial charge in [-0.1, -0.05) is 37.3 Å². The van der Waals surface area contributed by atoms with Crippen molar-refractivity contribution in [1.82, 2.24) is 10.6 Å². The van der Waals surface area contributed by atoms with E-state index in [2.05, 4.69) is 10.6 Å². The number of aliphatic carboxylic acids is 1. The van der Waals surface area contributed by atoms with Gasteiger partial charge in [-0.2, -0.15) is 0 Å². The summed E-state index contributed by atoms with van der Waals surface area (Å²) in [5.74, 6) is -1.67. The highest BCUT2D eigenvalue weighted by Gasteiger charge is 2.19. The quantitative estimate of drug-likeness (QED) is 0.717. The summed E-state index contributed by atoms with van der Waals surface area (Å²) >= 11 is 0. The second-order valence-electron chi connectivity index (χ2n) is 3.94. The molecular formula is C13H18N2O3. The van der Waals surface area contributed by atoms with Gasteiger partial charge < -0.3 is 15.7 Å². The number of urea groups is 1. The Labute approximate surface area is 106 Å². The number of rotatable bonds is 6. The van der Waals surface area contributed by atoms with Crippen LogP contribution in [0.1, 0.15) is 24.8 Å². The molecule has 2 amide bonds. The summed E-state index contributed by atoms with van der Waals surface area (Å²) in [6.07, 6.45) is 0.842. The minimum Gasteiger partial charge on any atom is -0.481 e. The van der Waals surface area contributed by atoms with Crippen LogP contribution in [0, 0.1) is 0 Å². The highest BCUT2D eigenvalue weighted by atomic mass is 16.4. The molecule has 1 atom stereocenters. The Balaban J connectivity index is 2.55. The van der Waals surface area contributed by atoms with E-state index in [1.54, 1.807) is 24.3 Å². The zero-order chi connectivity index (χ0) is 13.4. The van der Waals surface area contributed by atoms with Crippen LogP contribution in [0.15, 0.2) is 30.3 Å². The van der Waals surface area contributed by atoms with Gasteiger partial charge in [0.2, 0.25) is 0 Å². The third-order valence-corrected chi connectivity index (χ3v) is 2.50. The molecule has 5 nitrogen and oxygen atoms in total. The highest BCUT2D eigenvalue weighted by molar-refractivity contribution is 5.79. The van der Waals surface area contributed by atoms with E-state index in [1.807, 2.05) is 13.0 Å². The van der Waals surface area contributed by atoms with Gasteiger partial charge in [-0.25, -0.2) is 4.79 Å². The largest absolute Gasteiger partial charge is 0.481 e. The molecule has 0 heterocycles. The summed E-state index contributed by atoms with van der Waals surface area (Å²) in [6.45, 7) is 2.61. The van der Waals surface area contributed by atoms with Crippen LogP contribution < -0.4 is 10.6 Å². The molecule has 0 radical (unpaired) electrons. The van der Waals surface area contributed by atoms with Gasteiger partial charge in [-0.15, -0.1) is 0 Å². The molecule has 0 fully saturated rings. The average molecular weight is 250 g/mol. The molecule has 1 rings (SSSR count). The Hall–Kier alpha value is -2.04. The standard InChI is InChI=1S/C13H18N2O3/c1-2-8-14-13(18)15-9-11(12(16)17)10-6-4-3-5-7-10/h3-7,11H,2,8-9H2,1H3,(H,16,17)(H2,14,15,18). The predicted octanol–water partition coefficient (Wildman–Crippen LogP) is 1.56. The first-order valence-electron chi connectivity index (χ1n) is 5.94. The van der Waals surface area contributed by atoms with Crippen molar-refractivity contribution in [2.24, 2.45) is 0 Å². The fraction of sp³-hybridized carbons (Fsp3) is 0.385. The fourth-order valence-corrected chi connectivity index (χ4v) is 1.53. The monoisotopic (exact) mass is 250 g/mol. The normalized spacial score (nSPS) is 11.6. The van der Waals surface area contributed by atoms with E-state index in [0.717, 1.165) is 6.42 Å². The Kier molecular flexibility index (Phi) is 5.70. The Morgan fingerprint density at radius 1 is 1.22 bits per heavy atom. The average Bonchev–Trinajstić information content (AvgIpc) is 2.37. The molecule has 1 aromatic carbocycles. The molecule has 0 saturated heterocycles. The van der Waals surface area contributed by atoms with E-state index in [9.17, 15) is 9.59 Å². The van der Waals surface area contributed by atoms with Gasteiger partial charge in [-0.3, -0.25) is 4.79 Å². The summed E-state index contributed by atoms with van der Waals surface area (Å²) in [7, 11) is 0. The maximum absolute atomic E-state index is 11.3. The Bertz CT molecular complexity index is 392. The second kappa shape index (κ2) is 7.32. The van der Waals surface area contributed by atoms with E-state index >= 15 is 0 Å². The molecule has 0 aromatic heterocycles. The lowest BCUT2D eigenvalue weighted by molar-refractivity contribution is -0.138. The number of hydrogen-bond acceptors (Lipinski definition) is 2. The van der Waals surface area contributed by atoms with Crippen molar-refractivity contribution in [3.05, 3.63) is 35.9 Å². The first-order valence-corrected chi connectivity index (χ1v) is 5.94. The van der Waals surface area contributed by atoms with Crippen molar-refractivity contribution < 1.29 is 14.7 Å². The van der Waals surface area contributed by atoms with Gasteiger partial charge in [0, 0.05) is 13.1 Å². The minimum absolute atomic E-state index is 0.0783. The molecule has 5 heteroatoms. The van der Waals surface area contributed by atoms with Crippen molar-refractivity contribution in [3.63, 3.8) is 0 Å². The van der Waals surface area contributed by atoms with Crippen molar-refractivity contribution in [1.29, 1.82) is 0 Å². The Morgan fingerprint density at radius 3 is 2.44 bits per heavy atom. The van der Waals surface area contributed by atoms with Gasteiger partial charge >= 0.3 is 12.0 Å². The Morgan fingerprint density at radius 2 is 1.89 bits per heavy atom. The zero-order valence-corrected chi connectivity index (χ0v) is 10.3. The van der Waals surface area contributed by atoms with Crippen molar-refractivity contribution in [2.45, 2.75) is 19.3 Å². The van der Waals surface area contributed by atoms with E-state index < -0.39 is 11.9 Å². The molecule has 1 unspecified atom stereocenters. The second-order valence-corrected chi connectivity index (χ2v) is 3.94. The van der Waals surface area contributed by atoms with E-state index in [-0.39, 0.29) is 12.6 Å². The predicted molar refractivity (Wildman–Crippen MR) is 68.5 cm³/mol. The number of amides is 2. The molecule has 0 aliphatic carbocycles. The first-order chi connectivity index (χ1) is 8.65. The summed E-state index contributed by atoms with van der Waals surface area (Å²) in [4.78, 5) is 22.5. The topological polar surface area (TPSA) is 78.4 Å². The molecule has 3 N–H and O–H groups in total. The summed E-state index contributed by atoms with van der Waals surface area (Å²) in [5.41, 5.74) is 0.681. The highest BCUT2D eigenvalue weighted by Crippen LogP contribution is 2.14. The van der Waals surface area contributed by atoms with E-state index in [4.69, 9.17) is 5.11 Å². The molecule has 0 saturated carbocycles. The van der Waals surface area contributed by atoms with Crippen LogP contribution in [0.2, 0.25) is 0 Å². The molecule has 0 bridgehead atoms. The third-order valence-electron chi connectivity index (χ3n) is 2.50. The number of nitrogens with one attached hydrogen (secondary N) is 2. The van der Waals surface area contributed by atoms with Gasteiger partial charge in [0.15, 0.2) is 0 Å². The van der Waals surface area contributed by atoms with Crippen molar-refractivity contribution in [3.8, 4) is 0 Å². The molecule has 1 aromatic rings. The number of carboxylic acids is 1. The molecular weight excluding hydrogens is 232 g/mol. The number of carbonyl (C=O) groups excluding carboxylic acids is 1. The van der Waals surface area contributed by atoms with Gasteiger partial charge in [0.25, 0.3) is 0 Å². The molecule has 0 aliphatic rings. The lowest BCUT2D eigenvalue weighted by Crippen LogP contribution is -2.39. The maximum Gasteiger partial charge on any atom is 0.314 e. The molecule has 18 heavy (non-hydrogen) atoms. The maximum atomic E-state index is 11.3. The molecule has 0 aliphatic heterocycles. The van der Waals surface area contributed by atoms with Crippen LogP contribution in [0.4, 0.5) is 4.79 Å². The number of carbonyl (C=O) groups is 2. The minimum atomic E-state index is -0.947.